The van der Waals surface area contributed by atoms with Crippen LogP contribution in [0.1, 0.15) is 53.1 Å². The predicted octanol–water partition coefficient (Wildman–Crippen LogP) is 3.17. The Bertz CT molecular complexity index is 426. The highest BCUT2D eigenvalue weighted by Crippen LogP contribution is 2.28. The molecule has 0 spiro atoms. The molecule has 18 heavy (non-hydrogen) atoms. The minimum absolute atomic E-state index is 0.0667. The fraction of sp³-hybridized carbons (Fsp3) is 0.533. The molecule has 3 nitrogen and oxygen atoms in total. The Balaban J connectivity index is 2.91. The fourth-order valence-corrected chi connectivity index (χ4v) is 2.42. The van der Waals surface area contributed by atoms with Crippen LogP contribution < -0.4 is 5.73 Å². The third kappa shape index (κ3) is 3.33. The summed E-state index contributed by atoms with van der Waals surface area (Å²) in [6, 6.07) is 2.11. The second-order valence-corrected chi connectivity index (χ2v) is 5.07. The molecule has 0 aliphatic heterocycles. The number of rotatable bonds is 5. The summed E-state index contributed by atoms with van der Waals surface area (Å²) < 4.78 is 0. The van der Waals surface area contributed by atoms with Crippen LogP contribution in [0, 0.1) is 27.7 Å². The van der Waals surface area contributed by atoms with Gasteiger partial charge in [-0.3, -0.25) is 4.79 Å². The van der Waals surface area contributed by atoms with Crippen LogP contribution >= 0.6 is 0 Å². The van der Waals surface area contributed by atoms with E-state index in [4.69, 9.17) is 10.8 Å². The fourth-order valence-electron chi connectivity index (χ4n) is 2.42. The Morgan fingerprint density at radius 1 is 1.22 bits per heavy atom. The Kier molecular flexibility index (Phi) is 4.91. The molecule has 0 saturated heterocycles. The minimum atomic E-state index is -0.754. The predicted molar refractivity (Wildman–Crippen MR) is 73.8 cm³/mol. The summed E-state index contributed by atoms with van der Waals surface area (Å²) in [4.78, 5) is 10.5. The van der Waals surface area contributed by atoms with Crippen LogP contribution in [0.15, 0.2) is 6.07 Å². The molecular formula is C15H23NO2. The molecule has 1 unspecified atom stereocenters. The molecule has 1 rings (SSSR count). The SMILES string of the molecule is Cc1cc(C)c(C)c(C(N)CCCC(=O)O)c1C. The van der Waals surface area contributed by atoms with Crippen molar-refractivity contribution >= 4 is 5.97 Å². The van der Waals surface area contributed by atoms with Gasteiger partial charge < -0.3 is 10.8 Å². The molecule has 0 saturated carbocycles. The Hall–Kier alpha value is -1.35. The van der Waals surface area contributed by atoms with Gasteiger partial charge in [-0.1, -0.05) is 6.07 Å². The molecule has 0 fully saturated rings. The lowest BCUT2D eigenvalue weighted by atomic mass is 9.88. The van der Waals surface area contributed by atoms with Gasteiger partial charge in [0, 0.05) is 12.5 Å². The zero-order valence-corrected chi connectivity index (χ0v) is 11.7. The third-order valence-corrected chi connectivity index (χ3v) is 3.70. The van der Waals surface area contributed by atoms with Crippen molar-refractivity contribution < 1.29 is 9.90 Å². The maximum absolute atomic E-state index is 10.5. The van der Waals surface area contributed by atoms with Gasteiger partial charge in [0.15, 0.2) is 0 Å². The van der Waals surface area contributed by atoms with Crippen molar-refractivity contribution in [1.82, 2.24) is 0 Å². The zero-order valence-electron chi connectivity index (χ0n) is 11.7. The van der Waals surface area contributed by atoms with Crippen LogP contribution in [0.5, 0.6) is 0 Å². The maximum atomic E-state index is 10.5. The van der Waals surface area contributed by atoms with Gasteiger partial charge in [0.2, 0.25) is 0 Å². The number of carboxylic acid groups (broad SMARTS) is 1. The van der Waals surface area contributed by atoms with E-state index in [0.717, 1.165) is 6.42 Å². The molecule has 1 aromatic rings. The Morgan fingerprint density at radius 2 is 1.72 bits per heavy atom. The number of aryl methyl sites for hydroxylation is 2. The van der Waals surface area contributed by atoms with Crippen molar-refractivity contribution in [1.29, 1.82) is 0 Å². The lowest BCUT2D eigenvalue weighted by molar-refractivity contribution is -0.137. The molecule has 0 amide bonds. The van der Waals surface area contributed by atoms with E-state index in [1.807, 2.05) is 0 Å². The third-order valence-electron chi connectivity index (χ3n) is 3.70. The van der Waals surface area contributed by atoms with Gasteiger partial charge in [0.25, 0.3) is 0 Å². The van der Waals surface area contributed by atoms with Crippen molar-refractivity contribution in [3.05, 3.63) is 33.9 Å². The van der Waals surface area contributed by atoms with Gasteiger partial charge in [-0.25, -0.2) is 0 Å². The largest absolute Gasteiger partial charge is 0.481 e. The van der Waals surface area contributed by atoms with Crippen LogP contribution in [0.2, 0.25) is 0 Å². The molecule has 0 aromatic heterocycles. The molecule has 0 radical (unpaired) electrons. The maximum Gasteiger partial charge on any atom is 0.303 e. The van der Waals surface area contributed by atoms with Crippen molar-refractivity contribution in [3.63, 3.8) is 0 Å². The van der Waals surface area contributed by atoms with Crippen molar-refractivity contribution in [2.75, 3.05) is 0 Å². The number of carboxylic acids is 1. The molecular weight excluding hydrogens is 226 g/mol. The average Bonchev–Trinajstić information content (AvgIpc) is 2.26. The smallest absolute Gasteiger partial charge is 0.303 e. The van der Waals surface area contributed by atoms with Gasteiger partial charge in [0.1, 0.15) is 0 Å². The lowest BCUT2D eigenvalue weighted by Crippen LogP contribution is -2.15. The van der Waals surface area contributed by atoms with E-state index in [-0.39, 0.29) is 12.5 Å². The molecule has 1 aromatic carbocycles. The summed E-state index contributed by atoms with van der Waals surface area (Å²) in [6.07, 6.45) is 1.54. The molecule has 100 valence electrons. The summed E-state index contributed by atoms with van der Waals surface area (Å²) in [6.45, 7) is 8.37. The topological polar surface area (TPSA) is 63.3 Å². The van der Waals surface area contributed by atoms with Gasteiger partial charge in [-0.15, -0.1) is 0 Å². The van der Waals surface area contributed by atoms with Crippen LogP contribution in [0.4, 0.5) is 0 Å². The van der Waals surface area contributed by atoms with Crippen molar-refractivity contribution in [2.24, 2.45) is 5.73 Å². The van der Waals surface area contributed by atoms with E-state index >= 15 is 0 Å². The van der Waals surface area contributed by atoms with Crippen molar-refractivity contribution in [2.45, 2.75) is 53.0 Å². The Morgan fingerprint density at radius 3 is 2.17 bits per heavy atom. The van der Waals surface area contributed by atoms with E-state index in [2.05, 4.69) is 33.8 Å². The zero-order chi connectivity index (χ0) is 13.9. The first-order chi connectivity index (χ1) is 8.34. The van der Waals surface area contributed by atoms with Crippen LogP contribution in [-0.2, 0) is 4.79 Å². The lowest BCUT2D eigenvalue weighted by Gasteiger charge is -2.20. The normalized spacial score (nSPS) is 12.5. The van der Waals surface area contributed by atoms with Crippen molar-refractivity contribution in [3.8, 4) is 0 Å². The van der Waals surface area contributed by atoms with Crippen LogP contribution in [0.25, 0.3) is 0 Å². The molecule has 0 aliphatic carbocycles. The standard InChI is InChI=1S/C15H23NO2/c1-9-8-10(2)12(4)15(11(9)3)13(16)6-5-7-14(17)18/h8,13H,5-7,16H2,1-4H3,(H,17,18). The molecule has 0 bridgehead atoms. The van der Waals surface area contributed by atoms with E-state index < -0.39 is 5.97 Å². The summed E-state index contributed by atoms with van der Waals surface area (Å²) >= 11 is 0. The molecule has 3 heteroatoms. The molecule has 0 aliphatic rings. The monoisotopic (exact) mass is 249 g/mol. The van der Waals surface area contributed by atoms with Gasteiger partial charge >= 0.3 is 5.97 Å². The van der Waals surface area contributed by atoms with Crippen LogP contribution in [-0.4, -0.2) is 11.1 Å². The van der Waals surface area contributed by atoms with E-state index in [1.165, 1.54) is 27.8 Å². The van der Waals surface area contributed by atoms with Crippen LogP contribution in [0.3, 0.4) is 0 Å². The van der Waals surface area contributed by atoms with Gasteiger partial charge in [-0.05, 0) is 68.4 Å². The first-order valence-electron chi connectivity index (χ1n) is 6.39. The first-order valence-corrected chi connectivity index (χ1v) is 6.39. The highest BCUT2D eigenvalue weighted by Gasteiger charge is 2.15. The van der Waals surface area contributed by atoms with E-state index in [9.17, 15) is 4.79 Å². The highest BCUT2D eigenvalue weighted by atomic mass is 16.4. The molecule has 3 N–H and O–H groups in total. The second kappa shape index (κ2) is 6.01. The summed E-state index contributed by atoms with van der Waals surface area (Å²) in [5.41, 5.74) is 12.4. The summed E-state index contributed by atoms with van der Waals surface area (Å²) in [5.74, 6) is -0.754. The molecule has 0 heterocycles. The molecule has 1 atom stereocenters. The quantitative estimate of drug-likeness (QED) is 0.842. The van der Waals surface area contributed by atoms with E-state index in [0.29, 0.717) is 6.42 Å². The number of aliphatic carboxylic acids is 1. The number of nitrogens with two attached hydrogens (primary N) is 1. The second-order valence-electron chi connectivity index (χ2n) is 5.07. The number of benzene rings is 1. The summed E-state index contributed by atoms with van der Waals surface area (Å²) in [5, 5.41) is 8.65. The first kappa shape index (κ1) is 14.7. The summed E-state index contributed by atoms with van der Waals surface area (Å²) in [7, 11) is 0. The van der Waals surface area contributed by atoms with E-state index in [1.54, 1.807) is 0 Å². The minimum Gasteiger partial charge on any atom is -0.481 e. The highest BCUT2D eigenvalue weighted by molar-refractivity contribution is 5.66. The van der Waals surface area contributed by atoms with Gasteiger partial charge in [0.05, 0.1) is 0 Å². The van der Waals surface area contributed by atoms with Gasteiger partial charge in [-0.2, -0.15) is 0 Å². The number of hydrogen-bond acceptors (Lipinski definition) is 2. The Labute approximate surface area is 109 Å². The number of carbonyl (C=O) groups is 1. The average molecular weight is 249 g/mol. The number of hydrogen-bond donors (Lipinski definition) is 2.